The predicted octanol–water partition coefficient (Wildman–Crippen LogP) is 2.09. The molecule has 0 bridgehead atoms. The lowest BCUT2D eigenvalue weighted by Crippen LogP contribution is -2.49. The van der Waals surface area contributed by atoms with E-state index >= 15 is 0 Å². The number of aromatic nitrogens is 1. The highest BCUT2D eigenvalue weighted by Gasteiger charge is 2.30. The lowest BCUT2D eigenvalue weighted by Gasteiger charge is -2.40. The van der Waals surface area contributed by atoms with E-state index < -0.39 is 0 Å². The number of halogens is 1. The Morgan fingerprint density at radius 1 is 1.25 bits per heavy atom. The summed E-state index contributed by atoms with van der Waals surface area (Å²) in [7, 11) is 2.09. The van der Waals surface area contributed by atoms with E-state index in [0.717, 1.165) is 25.3 Å². The van der Waals surface area contributed by atoms with Crippen LogP contribution >= 0.6 is 12.4 Å². The Balaban J connectivity index is 0.00000208. The summed E-state index contributed by atoms with van der Waals surface area (Å²) in [6.07, 6.45) is 1.66. The highest BCUT2D eigenvalue weighted by Crippen LogP contribution is 2.26. The average molecular weight is 347 g/mol. The van der Waals surface area contributed by atoms with Crippen molar-refractivity contribution in [2.45, 2.75) is 12.6 Å². The van der Waals surface area contributed by atoms with Crippen molar-refractivity contribution >= 4 is 18.3 Å². The molecule has 0 aliphatic carbocycles. The summed E-state index contributed by atoms with van der Waals surface area (Å²) in [4.78, 5) is 21.4. The van der Waals surface area contributed by atoms with Gasteiger partial charge < -0.3 is 15.5 Å². The first-order chi connectivity index (χ1) is 11.2. The standard InChI is InChI=1S/C18H22N4O.ClH/c1-21-9-10-22(17(13-21)14-5-3-2-4-6-14)18(23)15-7-8-20-16(11-15)12-19;/h2-8,11,17H,9-10,12-13,19H2,1H3;1H. The van der Waals surface area contributed by atoms with E-state index in [4.69, 9.17) is 5.73 Å². The predicted molar refractivity (Wildman–Crippen MR) is 97.1 cm³/mol. The van der Waals surface area contributed by atoms with Crippen LogP contribution in [0, 0.1) is 0 Å². The number of nitrogens with zero attached hydrogens (tertiary/aromatic N) is 3. The minimum atomic E-state index is 0. The van der Waals surface area contributed by atoms with Gasteiger partial charge in [-0.25, -0.2) is 0 Å². The summed E-state index contributed by atoms with van der Waals surface area (Å²) in [6, 6.07) is 13.8. The lowest BCUT2D eigenvalue weighted by atomic mass is 10.0. The number of pyridine rings is 1. The average Bonchev–Trinajstić information content (AvgIpc) is 2.62. The third-order valence-electron chi connectivity index (χ3n) is 4.30. The Morgan fingerprint density at radius 2 is 2.00 bits per heavy atom. The van der Waals surface area contributed by atoms with E-state index in [1.807, 2.05) is 23.1 Å². The zero-order chi connectivity index (χ0) is 16.2. The van der Waals surface area contributed by atoms with Crippen LogP contribution in [0.15, 0.2) is 48.7 Å². The molecule has 1 aromatic heterocycles. The van der Waals surface area contributed by atoms with Crippen LogP contribution in [0.25, 0.3) is 0 Å². The van der Waals surface area contributed by atoms with Crippen molar-refractivity contribution in [1.29, 1.82) is 0 Å². The second kappa shape index (κ2) is 8.24. The van der Waals surface area contributed by atoms with Gasteiger partial charge in [0.25, 0.3) is 5.91 Å². The number of benzene rings is 1. The summed E-state index contributed by atoms with van der Waals surface area (Å²) >= 11 is 0. The smallest absolute Gasteiger partial charge is 0.254 e. The molecule has 0 spiro atoms. The molecule has 1 aromatic carbocycles. The van der Waals surface area contributed by atoms with Gasteiger partial charge in [0.15, 0.2) is 0 Å². The van der Waals surface area contributed by atoms with Crippen LogP contribution < -0.4 is 5.73 Å². The second-order valence-electron chi connectivity index (χ2n) is 5.93. The molecule has 5 nitrogen and oxygen atoms in total. The number of hydrogen-bond acceptors (Lipinski definition) is 4. The molecular weight excluding hydrogens is 324 g/mol. The maximum atomic E-state index is 13.0. The highest BCUT2D eigenvalue weighted by atomic mass is 35.5. The van der Waals surface area contributed by atoms with Crippen molar-refractivity contribution in [3.63, 3.8) is 0 Å². The number of carbonyl (C=O) groups excluding carboxylic acids is 1. The molecule has 2 aromatic rings. The molecule has 6 heteroatoms. The summed E-state index contributed by atoms with van der Waals surface area (Å²) in [5.74, 6) is 0.0454. The van der Waals surface area contributed by atoms with Crippen LogP contribution in [-0.2, 0) is 6.54 Å². The molecule has 1 atom stereocenters. The molecule has 24 heavy (non-hydrogen) atoms. The highest BCUT2D eigenvalue weighted by molar-refractivity contribution is 5.94. The maximum Gasteiger partial charge on any atom is 0.254 e. The first-order valence-electron chi connectivity index (χ1n) is 7.88. The molecule has 1 aliphatic rings. The van der Waals surface area contributed by atoms with Crippen molar-refractivity contribution in [1.82, 2.24) is 14.8 Å². The maximum absolute atomic E-state index is 13.0. The summed E-state index contributed by atoms with van der Waals surface area (Å²) < 4.78 is 0. The topological polar surface area (TPSA) is 62.5 Å². The van der Waals surface area contributed by atoms with E-state index in [9.17, 15) is 4.79 Å². The van der Waals surface area contributed by atoms with Crippen molar-refractivity contribution in [2.24, 2.45) is 5.73 Å². The fourth-order valence-electron chi connectivity index (χ4n) is 3.01. The molecule has 1 saturated heterocycles. The molecule has 2 heterocycles. The van der Waals surface area contributed by atoms with Gasteiger partial charge in [-0.15, -0.1) is 12.4 Å². The number of carbonyl (C=O) groups is 1. The van der Waals surface area contributed by atoms with E-state index in [2.05, 4.69) is 29.1 Å². The fourth-order valence-corrected chi connectivity index (χ4v) is 3.01. The number of nitrogens with two attached hydrogens (primary N) is 1. The first kappa shape index (κ1) is 18.4. The molecule has 0 saturated carbocycles. The van der Waals surface area contributed by atoms with Crippen LogP contribution in [0.4, 0.5) is 0 Å². The van der Waals surface area contributed by atoms with Crippen LogP contribution in [0.3, 0.4) is 0 Å². The monoisotopic (exact) mass is 346 g/mol. The van der Waals surface area contributed by atoms with Crippen molar-refractivity contribution < 1.29 is 4.79 Å². The lowest BCUT2D eigenvalue weighted by molar-refractivity contribution is 0.0498. The largest absolute Gasteiger partial charge is 0.329 e. The van der Waals surface area contributed by atoms with Crippen molar-refractivity contribution in [3.05, 3.63) is 65.5 Å². The minimum Gasteiger partial charge on any atom is -0.329 e. The SMILES string of the molecule is CN1CCN(C(=O)c2ccnc(CN)c2)C(c2ccccc2)C1.Cl. The van der Waals surface area contributed by atoms with Gasteiger partial charge in [0.2, 0.25) is 0 Å². The van der Waals surface area contributed by atoms with Gasteiger partial charge in [-0.3, -0.25) is 9.78 Å². The van der Waals surface area contributed by atoms with Gasteiger partial charge in [-0.2, -0.15) is 0 Å². The molecular formula is C18H23ClN4O. The van der Waals surface area contributed by atoms with Gasteiger partial charge in [-0.05, 0) is 24.7 Å². The number of hydrogen-bond donors (Lipinski definition) is 1. The Hall–Kier alpha value is -1.95. The number of likely N-dealkylation sites (N-methyl/N-ethyl adjacent to an activating group) is 1. The van der Waals surface area contributed by atoms with Gasteiger partial charge >= 0.3 is 0 Å². The zero-order valence-electron chi connectivity index (χ0n) is 13.8. The second-order valence-corrected chi connectivity index (χ2v) is 5.93. The van der Waals surface area contributed by atoms with Crippen LogP contribution in [-0.4, -0.2) is 47.4 Å². The number of rotatable bonds is 3. The molecule has 1 unspecified atom stereocenters. The van der Waals surface area contributed by atoms with Gasteiger partial charge in [0.1, 0.15) is 0 Å². The Bertz CT molecular complexity index is 680. The van der Waals surface area contributed by atoms with Crippen molar-refractivity contribution in [2.75, 3.05) is 26.7 Å². The zero-order valence-corrected chi connectivity index (χ0v) is 14.6. The number of amides is 1. The third-order valence-corrected chi connectivity index (χ3v) is 4.30. The normalized spacial score (nSPS) is 18.1. The summed E-state index contributed by atoms with van der Waals surface area (Å²) in [5.41, 5.74) is 8.20. The Labute approximate surface area is 148 Å². The van der Waals surface area contributed by atoms with E-state index in [0.29, 0.717) is 12.1 Å². The minimum absolute atomic E-state index is 0. The molecule has 1 aliphatic heterocycles. The van der Waals surface area contributed by atoms with Crippen LogP contribution in [0.1, 0.15) is 27.7 Å². The molecule has 1 fully saturated rings. The summed E-state index contributed by atoms with van der Waals surface area (Å²) in [6.45, 7) is 2.77. The molecule has 0 radical (unpaired) electrons. The van der Waals surface area contributed by atoms with Gasteiger partial charge in [0, 0.05) is 37.9 Å². The van der Waals surface area contributed by atoms with Gasteiger partial charge in [-0.1, -0.05) is 30.3 Å². The van der Waals surface area contributed by atoms with Crippen LogP contribution in [0.5, 0.6) is 0 Å². The molecule has 2 N–H and O–H groups in total. The van der Waals surface area contributed by atoms with E-state index in [1.165, 1.54) is 5.56 Å². The molecule has 128 valence electrons. The van der Waals surface area contributed by atoms with Crippen LogP contribution in [0.2, 0.25) is 0 Å². The molecule has 3 rings (SSSR count). The van der Waals surface area contributed by atoms with Gasteiger partial charge in [0.05, 0.1) is 11.7 Å². The molecule has 1 amide bonds. The van der Waals surface area contributed by atoms with E-state index in [1.54, 1.807) is 18.3 Å². The Morgan fingerprint density at radius 3 is 2.71 bits per heavy atom. The fraction of sp³-hybridized carbons (Fsp3) is 0.333. The first-order valence-corrected chi connectivity index (χ1v) is 7.88. The Kier molecular flexibility index (Phi) is 6.31. The van der Waals surface area contributed by atoms with Crippen molar-refractivity contribution in [3.8, 4) is 0 Å². The summed E-state index contributed by atoms with van der Waals surface area (Å²) in [5, 5.41) is 0. The third kappa shape index (κ3) is 3.93. The number of piperazine rings is 1. The quantitative estimate of drug-likeness (QED) is 0.924. The van der Waals surface area contributed by atoms with E-state index in [-0.39, 0.29) is 24.4 Å².